The van der Waals surface area contributed by atoms with Gasteiger partial charge in [0, 0.05) is 25.9 Å². The fourth-order valence-corrected chi connectivity index (χ4v) is 3.97. The Morgan fingerprint density at radius 3 is 2.16 bits per heavy atom. The fraction of sp³-hybridized carbons (Fsp3) is 0.435. The Balaban J connectivity index is 1.55. The molecule has 2 heterocycles. The van der Waals surface area contributed by atoms with E-state index in [2.05, 4.69) is 0 Å². The van der Waals surface area contributed by atoms with Crippen molar-refractivity contribution >= 4 is 6.09 Å². The normalized spacial score (nSPS) is 16.2. The van der Waals surface area contributed by atoms with Gasteiger partial charge in [0.05, 0.1) is 27.9 Å². The number of hydrogen-bond donors (Lipinski definition) is 0. The van der Waals surface area contributed by atoms with E-state index in [0.717, 1.165) is 11.1 Å². The molecule has 1 saturated heterocycles. The van der Waals surface area contributed by atoms with Crippen molar-refractivity contribution in [1.82, 2.24) is 4.90 Å². The highest BCUT2D eigenvalue weighted by Gasteiger charge is 2.45. The van der Waals surface area contributed by atoms with Crippen molar-refractivity contribution in [2.75, 3.05) is 41.0 Å². The molecule has 0 atom stereocenters. The van der Waals surface area contributed by atoms with Gasteiger partial charge >= 0.3 is 6.09 Å². The van der Waals surface area contributed by atoms with Gasteiger partial charge in [-0.25, -0.2) is 4.79 Å². The smallest absolute Gasteiger partial charge is 0.409 e. The molecule has 0 radical (unpaired) electrons. The molecule has 2 aromatic carbocycles. The number of carbonyl (C=O) groups excluding carboxylic acids is 1. The molecule has 0 bridgehead atoms. The summed E-state index contributed by atoms with van der Waals surface area (Å²) in [5, 5.41) is 0. The molecule has 2 aromatic rings. The van der Waals surface area contributed by atoms with E-state index in [1.54, 1.807) is 33.2 Å². The number of nitrogens with zero attached hydrogens (tertiary/aromatic N) is 1. The zero-order valence-electron chi connectivity index (χ0n) is 18.2. The van der Waals surface area contributed by atoms with Crippen molar-refractivity contribution in [1.29, 1.82) is 0 Å². The summed E-state index contributed by atoms with van der Waals surface area (Å²) in [5.41, 5.74) is 1.83. The maximum atomic E-state index is 12.0. The van der Waals surface area contributed by atoms with Crippen LogP contribution in [0.4, 0.5) is 4.79 Å². The molecule has 166 valence electrons. The van der Waals surface area contributed by atoms with Gasteiger partial charge in [-0.05, 0) is 42.3 Å². The number of piperidine rings is 1. The molecule has 0 N–H and O–H groups in total. The highest BCUT2D eigenvalue weighted by Crippen LogP contribution is 2.47. The fourth-order valence-electron chi connectivity index (χ4n) is 3.97. The van der Waals surface area contributed by atoms with Crippen molar-refractivity contribution in [2.24, 2.45) is 0 Å². The summed E-state index contributed by atoms with van der Waals surface area (Å²) in [7, 11) is 4.76. The van der Waals surface area contributed by atoms with Crippen molar-refractivity contribution in [2.45, 2.75) is 25.6 Å². The number of methoxy groups -OCH3 is 3. The molecular formula is C23H27NO7. The predicted molar refractivity (Wildman–Crippen MR) is 113 cm³/mol. The van der Waals surface area contributed by atoms with Crippen molar-refractivity contribution in [3.8, 4) is 39.9 Å². The highest BCUT2D eigenvalue weighted by atomic mass is 16.7. The second-order valence-corrected chi connectivity index (χ2v) is 7.38. The van der Waals surface area contributed by atoms with Crippen LogP contribution in [0.15, 0.2) is 30.3 Å². The Labute approximate surface area is 181 Å². The van der Waals surface area contributed by atoms with E-state index in [9.17, 15) is 4.79 Å². The van der Waals surface area contributed by atoms with E-state index in [0.29, 0.717) is 61.3 Å². The molecule has 31 heavy (non-hydrogen) atoms. The number of amides is 1. The van der Waals surface area contributed by atoms with E-state index < -0.39 is 5.79 Å². The Morgan fingerprint density at radius 1 is 0.935 bits per heavy atom. The van der Waals surface area contributed by atoms with Crippen LogP contribution >= 0.6 is 0 Å². The number of rotatable bonds is 5. The molecule has 0 aromatic heterocycles. The lowest BCUT2D eigenvalue weighted by atomic mass is 10.0. The summed E-state index contributed by atoms with van der Waals surface area (Å²) < 4.78 is 33.9. The molecular weight excluding hydrogens is 402 g/mol. The van der Waals surface area contributed by atoms with Gasteiger partial charge in [-0.15, -0.1) is 0 Å². The average Bonchev–Trinajstić information content (AvgIpc) is 3.15. The largest absolute Gasteiger partial charge is 0.493 e. The minimum Gasteiger partial charge on any atom is -0.493 e. The van der Waals surface area contributed by atoms with Gasteiger partial charge in [0.2, 0.25) is 5.75 Å². The first-order valence-corrected chi connectivity index (χ1v) is 10.3. The zero-order valence-corrected chi connectivity index (χ0v) is 18.2. The standard InChI is InChI=1S/C23H27NO7/c1-5-29-22(25)24-10-8-23(9-11-24)30-17-7-6-15(12-18(17)31-23)16-13-19(26-2)21(28-4)20(14-16)27-3/h6-7,12-14H,5,8-11H2,1-4H3. The van der Waals surface area contributed by atoms with Crippen LogP contribution < -0.4 is 23.7 Å². The number of fused-ring (bicyclic) bond motifs is 1. The van der Waals surface area contributed by atoms with E-state index in [1.807, 2.05) is 30.3 Å². The quantitative estimate of drug-likeness (QED) is 0.708. The van der Waals surface area contributed by atoms with Crippen LogP contribution in [0.2, 0.25) is 0 Å². The van der Waals surface area contributed by atoms with Gasteiger partial charge < -0.3 is 33.3 Å². The minimum absolute atomic E-state index is 0.294. The summed E-state index contributed by atoms with van der Waals surface area (Å²) in [6.45, 7) is 3.20. The number of hydrogen-bond acceptors (Lipinski definition) is 7. The van der Waals surface area contributed by atoms with Gasteiger partial charge in [-0.1, -0.05) is 6.07 Å². The van der Waals surface area contributed by atoms with Crippen molar-refractivity contribution < 1.29 is 33.2 Å². The monoisotopic (exact) mass is 429 g/mol. The molecule has 0 saturated carbocycles. The van der Waals surface area contributed by atoms with E-state index in [4.69, 9.17) is 28.4 Å². The predicted octanol–water partition coefficient (Wildman–Crippen LogP) is 4.10. The summed E-state index contributed by atoms with van der Waals surface area (Å²) in [4.78, 5) is 13.7. The molecule has 2 aliphatic rings. The molecule has 1 spiro atoms. The van der Waals surface area contributed by atoms with Gasteiger partial charge in [0.15, 0.2) is 23.0 Å². The first kappa shape index (κ1) is 21.0. The molecule has 8 heteroatoms. The maximum absolute atomic E-state index is 12.0. The summed E-state index contributed by atoms with van der Waals surface area (Å²) in [5.74, 6) is 2.33. The number of likely N-dealkylation sites (tertiary alicyclic amines) is 1. The first-order valence-electron chi connectivity index (χ1n) is 10.3. The summed E-state index contributed by atoms with van der Waals surface area (Å²) in [6, 6.07) is 9.61. The van der Waals surface area contributed by atoms with Crippen LogP contribution in [0.5, 0.6) is 28.7 Å². The lowest BCUT2D eigenvalue weighted by Crippen LogP contribution is -2.51. The van der Waals surface area contributed by atoms with Gasteiger partial charge in [-0.2, -0.15) is 0 Å². The van der Waals surface area contributed by atoms with Crippen LogP contribution in [0.25, 0.3) is 11.1 Å². The number of carbonyl (C=O) groups is 1. The first-order chi connectivity index (χ1) is 15.0. The third kappa shape index (κ3) is 3.89. The summed E-state index contributed by atoms with van der Waals surface area (Å²) >= 11 is 0. The van der Waals surface area contributed by atoms with Crippen LogP contribution in [0, 0.1) is 0 Å². The SMILES string of the molecule is CCOC(=O)N1CCC2(CC1)Oc1ccc(-c3cc(OC)c(OC)c(OC)c3)cc1O2. The average molecular weight is 429 g/mol. The Morgan fingerprint density at radius 2 is 1.58 bits per heavy atom. The molecule has 0 aliphatic carbocycles. The van der Waals surface area contributed by atoms with Gasteiger partial charge in [-0.3, -0.25) is 0 Å². The van der Waals surface area contributed by atoms with E-state index in [1.165, 1.54) is 0 Å². The van der Waals surface area contributed by atoms with Crippen molar-refractivity contribution in [3.05, 3.63) is 30.3 Å². The molecule has 1 fully saturated rings. The van der Waals surface area contributed by atoms with E-state index in [-0.39, 0.29) is 6.09 Å². The third-order valence-electron chi connectivity index (χ3n) is 5.58. The Kier molecular flexibility index (Phi) is 5.71. The second kappa shape index (κ2) is 8.45. The van der Waals surface area contributed by atoms with Gasteiger partial charge in [0.25, 0.3) is 5.79 Å². The zero-order chi connectivity index (χ0) is 22.0. The topological polar surface area (TPSA) is 75.7 Å². The lowest BCUT2D eigenvalue weighted by Gasteiger charge is -2.36. The number of benzene rings is 2. The molecule has 2 aliphatic heterocycles. The molecule has 0 unspecified atom stereocenters. The van der Waals surface area contributed by atoms with Crippen LogP contribution in [0.3, 0.4) is 0 Å². The van der Waals surface area contributed by atoms with Crippen LogP contribution in [-0.4, -0.2) is 57.8 Å². The van der Waals surface area contributed by atoms with Crippen molar-refractivity contribution in [3.63, 3.8) is 0 Å². The van der Waals surface area contributed by atoms with Crippen LogP contribution in [-0.2, 0) is 4.74 Å². The number of ether oxygens (including phenoxy) is 6. The third-order valence-corrected chi connectivity index (χ3v) is 5.58. The highest BCUT2D eigenvalue weighted by molar-refractivity contribution is 5.73. The summed E-state index contributed by atoms with van der Waals surface area (Å²) in [6.07, 6.45) is 0.845. The molecule has 1 amide bonds. The van der Waals surface area contributed by atoms with Gasteiger partial charge in [0.1, 0.15) is 0 Å². The Bertz CT molecular complexity index is 941. The Hall–Kier alpha value is -3.29. The maximum Gasteiger partial charge on any atom is 0.409 e. The lowest BCUT2D eigenvalue weighted by molar-refractivity contribution is -0.115. The van der Waals surface area contributed by atoms with Crippen LogP contribution in [0.1, 0.15) is 19.8 Å². The second-order valence-electron chi connectivity index (χ2n) is 7.38. The molecule has 8 nitrogen and oxygen atoms in total. The van der Waals surface area contributed by atoms with E-state index >= 15 is 0 Å². The minimum atomic E-state index is -0.751. The molecule has 4 rings (SSSR count).